The van der Waals surface area contributed by atoms with Crippen LogP contribution in [0.2, 0.25) is 10.0 Å². The molecule has 0 saturated heterocycles. The summed E-state index contributed by atoms with van der Waals surface area (Å²) in [6, 6.07) is 5.47. The number of rotatable bonds is 5. The number of hydrogen-bond donors (Lipinski definition) is 2. The molecular weight excluding hydrogens is 341 g/mol. The lowest BCUT2D eigenvalue weighted by Crippen LogP contribution is -2.44. The molecule has 1 atom stereocenters. The summed E-state index contributed by atoms with van der Waals surface area (Å²) in [5, 5.41) is 16.5. The molecule has 6 nitrogen and oxygen atoms in total. The van der Waals surface area contributed by atoms with Gasteiger partial charge in [0, 0.05) is 6.20 Å². The van der Waals surface area contributed by atoms with Crippen molar-refractivity contribution in [3.05, 3.63) is 46.2 Å². The highest BCUT2D eigenvalue weighted by atomic mass is 35.5. The third kappa shape index (κ3) is 4.03. The molecule has 0 radical (unpaired) electrons. The number of carbonyl (C=O) groups is 2. The van der Waals surface area contributed by atoms with Crippen molar-refractivity contribution in [3.63, 3.8) is 0 Å². The molecule has 1 amide bonds. The lowest BCUT2D eigenvalue weighted by molar-refractivity contribution is -0.140. The summed E-state index contributed by atoms with van der Waals surface area (Å²) in [6.45, 7) is 3.43. The van der Waals surface area contributed by atoms with Gasteiger partial charge in [0.2, 0.25) is 0 Å². The van der Waals surface area contributed by atoms with Crippen LogP contribution < -0.4 is 5.32 Å². The number of aliphatic carboxylic acids is 1. The SMILES string of the molecule is CC(C)[C@H](NC(=O)c1ccn(-c2ccc(Cl)c(Cl)c2)n1)C(=O)O. The minimum Gasteiger partial charge on any atom is -0.480 e. The van der Waals surface area contributed by atoms with Crippen molar-refractivity contribution in [1.29, 1.82) is 0 Å². The number of carboxylic acids is 1. The number of nitrogens with one attached hydrogen (secondary N) is 1. The van der Waals surface area contributed by atoms with E-state index < -0.39 is 17.9 Å². The first-order valence-corrected chi connectivity index (χ1v) is 7.60. The van der Waals surface area contributed by atoms with E-state index in [1.807, 2.05) is 0 Å². The first-order valence-electron chi connectivity index (χ1n) is 6.84. The lowest BCUT2D eigenvalue weighted by atomic mass is 10.0. The van der Waals surface area contributed by atoms with Crippen LogP contribution in [0.4, 0.5) is 0 Å². The first-order chi connectivity index (χ1) is 10.8. The standard InChI is InChI=1S/C15H15Cl2N3O3/c1-8(2)13(15(22)23)18-14(21)12-5-6-20(19-12)9-3-4-10(16)11(17)7-9/h3-8,13H,1-2H3,(H,18,21)(H,22,23)/t13-/m0/s1. The molecule has 0 spiro atoms. The molecule has 1 heterocycles. The Morgan fingerprint density at radius 2 is 1.91 bits per heavy atom. The number of amides is 1. The van der Waals surface area contributed by atoms with Gasteiger partial charge in [-0.25, -0.2) is 9.48 Å². The van der Waals surface area contributed by atoms with Gasteiger partial charge in [-0.1, -0.05) is 37.0 Å². The van der Waals surface area contributed by atoms with Crippen molar-refractivity contribution in [2.45, 2.75) is 19.9 Å². The number of aromatic nitrogens is 2. The third-order valence-electron chi connectivity index (χ3n) is 3.21. The molecule has 2 aromatic rings. The van der Waals surface area contributed by atoms with Gasteiger partial charge < -0.3 is 10.4 Å². The predicted octanol–water partition coefficient (Wildman–Crippen LogP) is 3.02. The molecule has 0 bridgehead atoms. The fraction of sp³-hybridized carbons (Fsp3) is 0.267. The van der Waals surface area contributed by atoms with E-state index >= 15 is 0 Å². The van der Waals surface area contributed by atoms with E-state index in [0.29, 0.717) is 15.7 Å². The highest BCUT2D eigenvalue weighted by Crippen LogP contribution is 2.24. The zero-order valence-electron chi connectivity index (χ0n) is 12.5. The third-order valence-corrected chi connectivity index (χ3v) is 3.95. The highest BCUT2D eigenvalue weighted by molar-refractivity contribution is 6.42. The van der Waals surface area contributed by atoms with Crippen molar-refractivity contribution in [2.24, 2.45) is 5.92 Å². The average Bonchev–Trinajstić information content (AvgIpc) is 2.96. The number of benzene rings is 1. The van der Waals surface area contributed by atoms with Crippen LogP contribution in [0.25, 0.3) is 5.69 Å². The van der Waals surface area contributed by atoms with Crippen molar-refractivity contribution < 1.29 is 14.7 Å². The van der Waals surface area contributed by atoms with Gasteiger partial charge in [-0.3, -0.25) is 4.79 Å². The van der Waals surface area contributed by atoms with Crippen molar-refractivity contribution in [1.82, 2.24) is 15.1 Å². The molecule has 0 aliphatic carbocycles. The summed E-state index contributed by atoms with van der Waals surface area (Å²) in [5.74, 6) is -1.88. The fourth-order valence-electron chi connectivity index (χ4n) is 1.95. The summed E-state index contributed by atoms with van der Waals surface area (Å²) in [4.78, 5) is 23.3. The summed E-state index contributed by atoms with van der Waals surface area (Å²) in [6.07, 6.45) is 1.58. The van der Waals surface area contributed by atoms with Crippen LogP contribution in [-0.4, -0.2) is 32.8 Å². The van der Waals surface area contributed by atoms with E-state index in [4.69, 9.17) is 28.3 Å². The molecule has 1 aromatic carbocycles. The summed E-state index contributed by atoms with van der Waals surface area (Å²) in [5.41, 5.74) is 0.750. The van der Waals surface area contributed by atoms with Gasteiger partial charge >= 0.3 is 5.97 Å². The van der Waals surface area contributed by atoms with Gasteiger partial charge in [0.15, 0.2) is 5.69 Å². The van der Waals surface area contributed by atoms with Gasteiger partial charge in [0.1, 0.15) is 6.04 Å². The topological polar surface area (TPSA) is 84.2 Å². The zero-order chi connectivity index (χ0) is 17.1. The highest BCUT2D eigenvalue weighted by Gasteiger charge is 2.24. The molecule has 2 rings (SSSR count). The van der Waals surface area contributed by atoms with Crippen LogP contribution in [0.15, 0.2) is 30.5 Å². The molecule has 0 aliphatic rings. The number of hydrogen-bond acceptors (Lipinski definition) is 3. The summed E-state index contributed by atoms with van der Waals surface area (Å²) < 4.78 is 1.46. The second kappa shape index (κ2) is 7.02. The maximum atomic E-state index is 12.1. The van der Waals surface area contributed by atoms with Crippen LogP contribution in [0.1, 0.15) is 24.3 Å². The van der Waals surface area contributed by atoms with Gasteiger partial charge in [0.25, 0.3) is 5.91 Å². The molecule has 0 unspecified atom stereocenters. The van der Waals surface area contributed by atoms with Crippen LogP contribution >= 0.6 is 23.2 Å². The van der Waals surface area contributed by atoms with Crippen LogP contribution in [0, 0.1) is 5.92 Å². The Labute approximate surface area is 143 Å². The number of carboxylic acid groups (broad SMARTS) is 1. The molecule has 0 fully saturated rings. The van der Waals surface area contributed by atoms with Crippen molar-refractivity contribution in [2.75, 3.05) is 0 Å². The monoisotopic (exact) mass is 355 g/mol. The van der Waals surface area contributed by atoms with E-state index in [-0.39, 0.29) is 11.6 Å². The Morgan fingerprint density at radius 3 is 2.48 bits per heavy atom. The quantitative estimate of drug-likeness (QED) is 0.863. The maximum Gasteiger partial charge on any atom is 0.326 e. The zero-order valence-corrected chi connectivity index (χ0v) is 14.0. The lowest BCUT2D eigenvalue weighted by Gasteiger charge is -2.16. The second-order valence-electron chi connectivity index (χ2n) is 5.28. The average molecular weight is 356 g/mol. The number of halogens is 2. The molecule has 23 heavy (non-hydrogen) atoms. The first kappa shape index (κ1) is 17.3. The number of nitrogens with zero attached hydrogens (tertiary/aromatic N) is 2. The minimum atomic E-state index is -1.09. The van der Waals surface area contributed by atoms with Crippen LogP contribution in [0.5, 0.6) is 0 Å². The van der Waals surface area contributed by atoms with E-state index in [1.165, 1.54) is 10.7 Å². The van der Waals surface area contributed by atoms with Crippen LogP contribution in [-0.2, 0) is 4.79 Å². The molecule has 8 heteroatoms. The Bertz CT molecular complexity index is 743. The fourth-order valence-corrected chi connectivity index (χ4v) is 2.24. The maximum absolute atomic E-state index is 12.1. The summed E-state index contributed by atoms with van der Waals surface area (Å²) in [7, 11) is 0. The van der Waals surface area contributed by atoms with Crippen molar-refractivity contribution >= 4 is 35.1 Å². The van der Waals surface area contributed by atoms with E-state index in [1.54, 1.807) is 38.2 Å². The van der Waals surface area contributed by atoms with Gasteiger partial charge in [-0.05, 0) is 30.2 Å². The van der Waals surface area contributed by atoms with Gasteiger partial charge in [-0.15, -0.1) is 0 Å². The van der Waals surface area contributed by atoms with E-state index in [9.17, 15) is 9.59 Å². The molecule has 2 N–H and O–H groups in total. The molecule has 0 saturated carbocycles. The largest absolute Gasteiger partial charge is 0.480 e. The van der Waals surface area contributed by atoms with Gasteiger partial charge in [-0.2, -0.15) is 5.10 Å². The summed E-state index contributed by atoms with van der Waals surface area (Å²) >= 11 is 11.8. The Balaban J connectivity index is 2.19. The number of carbonyl (C=O) groups excluding carboxylic acids is 1. The molecular formula is C15H15Cl2N3O3. The van der Waals surface area contributed by atoms with Gasteiger partial charge in [0.05, 0.1) is 15.7 Å². The predicted molar refractivity (Wildman–Crippen MR) is 87.3 cm³/mol. The Hall–Kier alpha value is -2.05. The minimum absolute atomic E-state index is 0.114. The molecule has 0 aliphatic heterocycles. The normalized spacial score (nSPS) is 12.2. The molecule has 1 aromatic heterocycles. The molecule has 122 valence electrons. The second-order valence-corrected chi connectivity index (χ2v) is 6.09. The Kier molecular flexibility index (Phi) is 5.28. The van der Waals surface area contributed by atoms with E-state index in [2.05, 4.69) is 10.4 Å². The van der Waals surface area contributed by atoms with E-state index in [0.717, 1.165) is 0 Å². The smallest absolute Gasteiger partial charge is 0.326 e. The van der Waals surface area contributed by atoms with Crippen LogP contribution in [0.3, 0.4) is 0 Å². The van der Waals surface area contributed by atoms with Crippen molar-refractivity contribution in [3.8, 4) is 5.69 Å². The Morgan fingerprint density at radius 1 is 1.22 bits per heavy atom.